The van der Waals surface area contributed by atoms with Crippen molar-refractivity contribution < 1.29 is 62.6 Å². The molecular formula is C55H79NO13S2. The number of fused-ring (bicyclic) bond motifs is 3. The highest BCUT2D eigenvalue weighted by Gasteiger charge is 2.56. The zero-order valence-corrected chi connectivity index (χ0v) is 44.7. The molecule has 4 heterocycles. The van der Waals surface area contributed by atoms with Crippen LogP contribution in [0.15, 0.2) is 65.1 Å². The molecule has 1 aliphatic carbocycles. The minimum Gasteiger partial charge on any atom is -0.465 e. The number of methoxy groups -OCH3 is 3. The summed E-state index contributed by atoms with van der Waals surface area (Å²) in [5.41, 5.74) is 2.85. The summed E-state index contributed by atoms with van der Waals surface area (Å²) in [5, 5.41) is 24.2. The highest BCUT2D eigenvalue weighted by atomic mass is 32.2. The first-order valence-electron chi connectivity index (χ1n) is 25.7. The molecule has 14 nitrogen and oxygen atoms in total. The van der Waals surface area contributed by atoms with E-state index in [0.29, 0.717) is 44.3 Å². The second-order valence-electron chi connectivity index (χ2n) is 20.8. The molecule has 0 radical (unpaired) electrons. The van der Waals surface area contributed by atoms with Gasteiger partial charge < -0.3 is 43.5 Å². The van der Waals surface area contributed by atoms with Crippen molar-refractivity contribution in [1.29, 1.82) is 0 Å². The summed E-state index contributed by atoms with van der Waals surface area (Å²) in [6.07, 6.45) is 7.36. The molecule has 2 N–H and O–H groups in total. The van der Waals surface area contributed by atoms with Gasteiger partial charge in [-0.15, -0.1) is 18.3 Å². The van der Waals surface area contributed by atoms with Crippen molar-refractivity contribution in [3.8, 4) is 0 Å². The fourth-order valence-corrected chi connectivity index (χ4v) is 13.6. The van der Waals surface area contributed by atoms with Crippen molar-refractivity contribution in [2.45, 2.75) is 181 Å². The van der Waals surface area contributed by atoms with E-state index in [1.807, 2.05) is 38.6 Å². The average Bonchev–Trinajstić information content (AvgIpc) is 3.77. The van der Waals surface area contributed by atoms with Crippen molar-refractivity contribution in [3.63, 3.8) is 0 Å². The summed E-state index contributed by atoms with van der Waals surface area (Å²) in [5.74, 6) is -7.04. The Morgan fingerprint density at radius 1 is 0.901 bits per heavy atom. The van der Waals surface area contributed by atoms with Crippen LogP contribution < -0.4 is 0 Å². The predicted molar refractivity (Wildman–Crippen MR) is 273 cm³/mol. The molecule has 1 amide bonds. The average molecular weight is 1030 g/mol. The number of aliphatic hydroxyl groups excluding tert-OH is 1. The lowest BCUT2D eigenvalue weighted by molar-refractivity contribution is -0.302. The second-order valence-corrected chi connectivity index (χ2v) is 23.3. The number of Topliss-reactive ketones (excluding diaryl/α,β-unsaturated/α-hetero) is 2. The summed E-state index contributed by atoms with van der Waals surface area (Å²) in [6, 6.07) is 7.19. The monoisotopic (exact) mass is 1030 g/mol. The molecule has 16 heteroatoms. The van der Waals surface area contributed by atoms with E-state index in [0.717, 1.165) is 41.9 Å². The fraction of sp³-hybridized carbons (Fsp3) is 0.691. The number of esters is 2. The van der Waals surface area contributed by atoms with Crippen LogP contribution in [0.5, 0.6) is 0 Å². The standard InChI is InChI=1S/C55H79NO13S2/c1-10-13-39-25-32(2)24-33(3)26-45(65-8)50-46(66-9)28-35(5)55(63,69-50)51(59)52(60)56-22-12-11-14-41(56)53(61)68-49(36(6)42(57)30-43(39)58)34(4)27-38-17-20-47(44(29-38)64-7)70-31-37-15-18-40(19-16-37)71-48-21-23-67-54(48)62/h10,15-16,18-19,25,27,33,35-36,38-39,41-42,44-50,57,63H,1,11-14,17,20-24,26,28-31H2,2-9H3/b32-25+,34-27+/t33-,35+,36+,38-,39+,41?,42-,44+,45-,46-,47?,48?,49+,50?,55+/m0/s1. The van der Waals surface area contributed by atoms with Gasteiger partial charge >= 0.3 is 11.9 Å². The lowest BCUT2D eigenvalue weighted by Crippen LogP contribution is -2.64. The Labute approximate surface area is 429 Å². The molecule has 2 bridgehead atoms. The number of amides is 1. The maximum Gasteiger partial charge on any atom is 0.329 e. The van der Waals surface area contributed by atoms with Gasteiger partial charge in [0, 0.05) is 74.4 Å². The van der Waals surface area contributed by atoms with Crippen LogP contribution in [-0.4, -0.2) is 138 Å². The van der Waals surface area contributed by atoms with Crippen LogP contribution in [0.4, 0.5) is 0 Å². The van der Waals surface area contributed by atoms with Gasteiger partial charge in [-0.3, -0.25) is 19.2 Å². The van der Waals surface area contributed by atoms with Crippen LogP contribution in [0, 0.1) is 29.6 Å². The number of hydrogen-bond donors (Lipinski definition) is 2. The molecule has 394 valence electrons. The fourth-order valence-electron chi connectivity index (χ4n) is 11.2. The molecule has 4 fully saturated rings. The maximum absolute atomic E-state index is 14.6. The minimum atomic E-state index is -2.52. The van der Waals surface area contributed by atoms with Crippen molar-refractivity contribution in [3.05, 3.63) is 65.8 Å². The number of benzene rings is 1. The van der Waals surface area contributed by atoms with E-state index in [2.05, 4.69) is 36.9 Å². The highest BCUT2D eigenvalue weighted by molar-refractivity contribution is 8.00. The van der Waals surface area contributed by atoms with Gasteiger partial charge in [0.05, 0.1) is 31.0 Å². The van der Waals surface area contributed by atoms with Crippen LogP contribution in [0.25, 0.3) is 0 Å². The van der Waals surface area contributed by atoms with Gasteiger partial charge in [-0.2, -0.15) is 11.8 Å². The van der Waals surface area contributed by atoms with Gasteiger partial charge in [0.2, 0.25) is 5.79 Å². The van der Waals surface area contributed by atoms with Crippen molar-refractivity contribution in [1.82, 2.24) is 4.90 Å². The molecule has 15 atom stereocenters. The number of nitrogens with zero attached hydrogens (tertiary/aromatic N) is 1. The van der Waals surface area contributed by atoms with Gasteiger partial charge in [0.25, 0.3) is 11.7 Å². The van der Waals surface area contributed by atoms with Gasteiger partial charge in [-0.05, 0) is 113 Å². The zero-order valence-electron chi connectivity index (χ0n) is 43.1. The highest BCUT2D eigenvalue weighted by Crippen LogP contribution is 2.41. The first-order chi connectivity index (χ1) is 33.9. The molecule has 71 heavy (non-hydrogen) atoms. The number of hydrogen-bond acceptors (Lipinski definition) is 15. The first-order valence-corrected chi connectivity index (χ1v) is 27.6. The number of carbonyl (C=O) groups is 5. The molecule has 5 aliphatic rings. The normalized spacial score (nSPS) is 37.3. The van der Waals surface area contributed by atoms with E-state index in [4.69, 9.17) is 28.4 Å². The molecule has 0 spiro atoms. The Hall–Kier alpha value is -3.35. The molecule has 0 aromatic heterocycles. The number of carbonyl (C=O) groups excluding carboxylic acids is 5. The second kappa shape index (κ2) is 26.2. The van der Waals surface area contributed by atoms with Crippen LogP contribution in [0.2, 0.25) is 0 Å². The predicted octanol–water partition coefficient (Wildman–Crippen LogP) is 7.99. The maximum atomic E-state index is 14.6. The minimum absolute atomic E-state index is 0.00224. The first kappa shape index (κ1) is 56.9. The lowest BCUT2D eigenvalue weighted by Gasteiger charge is -2.47. The number of ketones is 2. The molecular weight excluding hydrogens is 947 g/mol. The SMILES string of the molecule is C=CC[C@@H]1/C=C(\C)C[C@H](C)C[C@H](OC)C2O[C@@](O)(C(=O)C(=O)N3CCCCC3C(=O)O[C@H](/C(C)=C/[C@@H]3CCC(SCc4ccc(SC5CCOC5=O)cc4)[C@H](OC)C3)[C@H](C)[C@@H](O)CC1=O)[C@H](C)C[C@@H]2OC. The van der Waals surface area contributed by atoms with Gasteiger partial charge in [0.15, 0.2) is 0 Å². The Morgan fingerprint density at radius 3 is 2.27 bits per heavy atom. The molecule has 4 aliphatic heterocycles. The Kier molecular flexibility index (Phi) is 21.0. The Bertz CT molecular complexity index is 2080. The summed E-state index contributed by atoms with van der Waals surface area (Å²) < 4.78 is 35.8. The topological polar surface area (TPSA) is 184 Å². The molecule has 1 aromatic rings. The van der Waals surface area contributed by atoms with E-state index in [1.165, 1.54) is 24.7 Å². The number of rotatable bonds is 12. The van der Waals surface area contributed by atoms with E-state index in [9.17, 15) is 34.2 Å². The lowest BCUT2D eigenvalue weighted by atomic mass is 9.82. The van der Waals surface area contributed by atoms with Gasteiger partial charge in [-0.1, -0.05) is 56.7 Å². The number of allylic oxidation sites excluding steroid dienone is 4. The van der Waals surface area contributed by atoms with E-state index in [-0.39, 0.29) is 66.0 Å². The molecule has 6 rings (SSSR count). The number of thioether (sulfide) groups is 2. The van der Waals surface area contributed by atoms with Crippen LogP contribution in [-0.2, 0) is 58.1 Å². The molecule has 4 unspecified atom stereocenters. The summed E-state index contributed by atoms with van der Waals surface area (Å²) >= 11 is 3.40. The summed E-state index contributed by atoms with van der Waals surface area (Å²) in [6.45, 7) is 13.8. The third kappa shape index (κ3) is 14.3. The van der Waals surface area contributed by atoms with Crippen LogP contribution >= 0.6 is 23.5 Å². The molecule has 3 saturated heterocycles. The van der Waals surface area contributed by atoms with Gasteiger partial charge in [-0.25, -0.2) is 4.79 Å². The summed E-state index contributed by atoms with van der Waals surface area (Å²) in [4.78, 5) is 71.8. The number of aliphatic hydroxyl groups is 2. The smallest absolute Gasteiger partial charge is 0.329 e. The number of piperidine rings is 1. The third-order valence-corrected chi connectivity index (χ3v) is 18.1. The van der Waals surface area contributed by atoms with Crippen LogP contribution in [0.3, 0.4) is 0 Å². The third-order valence-electron chi connectivity index (χ3n) is 15.4. The molecule has 1 aromatic carbocycles. The Morgan fingerprint density at radius 2 is 1.61 bits per heavy atom. The quantitative estimate of drug-likeness (QED) is 0.117. The molecule has 1 saturated carbocycles. The van der Waals surface area contributed by atoms with E-state index in [1.54, 1.807) is 38.8 Å². The number of ether oxygens (including phenoxy) is 6. The van der Waals surface area contributed by atoms with Crippen molar-refractivity contribution in [2.75, 3.05) is 34.5 Å². The largest absolute Gasteiger partial charge is 0.465 e. The van der Waals surface area contributed by atoms with Crippen molar-refractivity contribution >= 4 is 52.9 Å². The number of cyclic esters (lactones) is 2. The van der Waals surface area contributed by atoms with E-state index < -0.39 is 77.8 Å². The zero-order chi connectivity index (χ0) is 51.6. The van der Waals surface area contributed by atoms with Gasteiger partial charge in [0.1, 0.15) is 29.3 Å². The van der Waals surface area contributed by atoms with Crippen LogP contribution in [0.1, 0.15) is 117 Å². The van der Waals surface area contributed by atoms with E-state index >= 15 is 0 Å². The Balaban J connectivity index is 1.25. The summed E-state index contributed by atoms with van der Waals surface area (Å²) in [7, 11) is 4.80. The van der Waals surface area contributed by atoms with Crippen molar-refractivity contribution in [2.24, 2.45) is 29.6 Å².